The van der Waals surface area contributed by atoms with Gasteiger partial charge in [0.2, 0.25) is 0 Å². The number of esters is 1. The normalized spacial score (nSPS) is 11.4. The SMILES string of the molecule is CCOC(=O)C(CCC(=O)O)NC(=O)c1ccc(NC)cc1. The number of benzene rings is 1. The Kier molecular flexibility index (Phi) is 6.88. The zero-order chi connectivity index (χ0) is 16.5. The summed E-state index contributed by atoms with van der Waals surface area (Å²) in [5.74, 6) is -2.13. The number of hydrogen-bond acceptors (Lipinski definition) is 5. The molecule has 7 heteroatoms. The fourth-order valence-electron chi connectivity index (χ4n) is 1.79. The Morgan fingerprint density at radius 3 is 2.36 bits per heavy atom. The van der Waals surface area contributed by atoms with Crippen molar-refractivity contribution in [3.05, 3.63) is 29.8 Å². The van der Waals surface area contributed by atoms with Crippen LogP contribution in [-0.4, -0.2) is 42.6 Å². The van der Waals surface area contributed by atoms with Crippen LogP contribution >= 0.6 is 0 Å². The molecule has 0 fully saturated rings. The highest BCUT2D eigenvalue weighted by molar-refractivity contribution is 5.97. The summed E-state index contributed by atoms with van der Waals surface area (Å²) in [7, 11) is 1.76. The van der Waals surface area contributed by atoms with Crippen LogP contribution in [0.2, 0.25) is 0 Å². The van der Waals surface area contributed by atoms with Crippen molar-refractivity contribution >= 4 is 23.5 Å². The highest BCUT2D eigenvalue weighted by Gasteiger charge is 2.23. The second-order valence-corrected chi connectivity index (χ2v) is 4.54. The van der Waals surface area contributed by atoms with E-state index in [2.05, 4.69) is 10.6 Å². The first-order chi connectivity index (χ1) is 10.5. The topological polar surface area (TPSA) is 105 Å². The van der Waals surface area contributed by atoms with E-state index >= 15 is 0 Å². The van der Waals surface area contributed by atoms with Crippen molar-refractivity contribution in [3.63, 3.8) is 0 Å². The number of carbonyl (C=O) groups is 3. The van der Waals surface area contributed by atoms with Gasteiger partial charge in [0.15, 0.2) is 0 Å². The Morgan fingerprint density at radius 2 is 1.86 bits per heavy atom. The van der Waals surface area contributed by atoms with Crippen LogP contribution in [0, 0.1) is 0 Å². The van der Waals surface area contributed by atoms with Crippen LogP contribution in [0.25, 0.3) is 0 Å². The number of amides is 1. The summed E-state index contributed by atoms with van der Waals surface area (Å²) in [4.78, 5) is 34.5. The lowest BCUT2D eigenvalue weighted by molar-refractivity contribution is -0.146. The molecule has 1 aromatic rings. The summed E-state index contributed by atoms with van der Waals surface area (Å²) in [5, 5.41) is 14.2. The van der Waals surface area contributed by atoms with E-state index < -0.39 is 23.9 Å². The minimum absolute atomic E-state index is 0.0193. The van der Waals surface area contributed by atoms with Gasteiger partial charge in [-0.3, -0.25) is 9.59 Å². The molecule has 0 aliphatic heterocycles. The lowest BCUT2D eigenvalue weighted by atomic mass is 10.1. The van der Waals surface area contributed by atoms with Gasteiger partial charge in [0.1, 0.15) is 6.04 Å². The number of rotatable bonds is 8. The van der Waals surface area contributed by atoms with E-state index in [0.29, 0.717) is 5.56 Å². The smallest absolute Gasteiger partial charge is 0.328 e. The monoisotopic (exact) mass is 308 g/mol. The van der Waals surface area contributed by atoms with E-state index in [1.807, 2.05) is 0 Å². The third-order valence-corrected chi connectivity index (χ3v) is 2.96. The molecule has 0 saturated carbocycles. The maximum absolute atomic E-state index is 12.1. The average Bonchev–Trinajstić information content (AvgIpc) is 2.51. The standard InChI is InChI=1S/C15H20N2O5/c1-3-22-15(21)12(8-9-13(18)19)17-14(20)10-4-6-11(16-2)7-5-10/h4-7,12,16H,3,8-9H2,1-2H3,(H,17,20)(H,18,19). The lowest BCUT2D eigenvalue weighted by Gasteiger charge is -2.16. The van der Waals surface area contributed by atoms with Gasteiger partial charge in [0.25, 0.3) is 5.91 Å². The largest absolute Gasteiger partial charge is 0.481 e. The summed E-state index contributed by atoms with van der Waals surface area (Å²) in [6.07, 6.45) is -0.253. The van der Waals surface area contributed by atoms with Gasteiger partial charge in [-0.05, 0) is 37.6 Å². The molecular formula is C15H20N2O5. The predicted octanol–water partition coefficient (Wildman–Crippen LogP) is 1.25. The summed E-state index contributed by atoms with van der Waals surface area (Å²) in [5.41, 5.74) is 1.23. The van der Waals surface area contributed by atoms with Crippen LogP contribution in [0.3, 0.4) is 0 Å². The van der Waals surface area contributed by atoms with Crippen molar-refractivity contribution in [2.24, 2.45) is 0 Å². The maximum atomic E-state index is 12.1. The van der Waals surface area contributed by atoms with Crippen molar-refractivity contribution in [1.82, 2.24) is 5.32 Å². The number of ether oxygens (including phenoxy) is 1. The molecule has 0 aliphatic rings. The van der Waals surface area contributed by atoms with Crippen LogP contribution in [0.1, 0.15) is 30.1 Å². The Balaban J connectivity index is 2.75. The molecule has 0 aliphatic carbocycles. The van der Waals surface area contributed by atoms with Gasteiger partial charge < -0.3 is 20.5 Å². The third-order valence-electron chi connectivity index (χ3n) is 2.96. The number of hydrogen-bond donors (Lipinski definition) is 3. The van der Waals surface area contributed by atoms with E-state index in [9.17, 15) is 14.4 Å². The highest BCUT2D eigenvalue weighted by atomic mass is 16.5. The zero-order valence-electron chi connectivity index (χ0n) is 12.6. The summed E-state index contributed by atoms with van der Waals surface area (Å²) in [6, 6.07) is 5.70. The van der Waals surface area contributed by atoms with E-state index in [4.69, 9.17) is 9.84 Å². The number of anilines is 1. The molecule has 3 N–H and O–H groups in total. The molecular weight excluding hydrogens is 288 g/mol. The van der Waals surface area contributed by atoms with Gasteiger partial charge in [-0.2, -0.15) is 0 Å². The third kappa shape index (κ3) is 5.43. The van der Waals surface area contributed by atoms with Crippen molar-refractivity contribution in [1.29, 1.82) is 0 Å². The van der Waals surface area contributed by atoms with Crippen LogP contribution in [0.15, 0.2) is 24.3 Å². The molecule has 0 aromatic heterocycles. The lowest BCUT2D eigenvalue weighted by Crippen LogP contribution is -2.42. The fourth-order valence-corrected chi connectivity index (χ4v) is 1.79. The molecule has 120 valence electrons. The second kappa shape index (κ2) is 8.66. The first-order valence-electron chi connectivity index (χ1n) is 6.95. The number of carboxylic acids is 1. The zero-order valence-corrected chi connectivity index (χ0v) is 12.6. The number of carboxylic acid groups (broad SMARTS) is 1. The molecule has 1 amide bonds. The minimum atomic E-state index is -1.04. The number of aliphatic carboxylic acids is 1. The van der Waals surface area contributed by atoms with Gasteiger partial charge >= 0.3 is 11.9 Å². The average molecular weight is 308 g/mol. The van der Waals surface area contributed by atoms with Gasteiger partial charge in [0.05, 0.1) is 6.61 Å². The van der Waals surface area contributed by atoms with Crippen LogP contribution in [0.5, 0.6) is 0 Å². The van der Waals surface area contributed by atoms with E-state index in [-0.39, 0.29) is 19.4 Å². The van der Waals surface area contributed by atoms with Crippen LogP contribution in [-0.2, 0) is 14.3 Å². The summed E-state index contributed by atoms with van der Waals surface area (Å²) < 4.78 is 4.85. The summed E-state index contributed by atoms with van der Waals surface area (Å²) in [6.45, 7) is 1.81. The quantitative estimate of drug-likeness (QED) is 0.624. The molecule has 0 bridgehead atoms. The first-order valence-corrected chi connectivity index (χ1v) is 6.95. The van der Waals surface area contributed by atoms with E-state index in [0.717, 1.165) is 5.69 Å². The number of nitrogens with one attached hydrogen (secondary N) is 2. The first kappa shape index (κ1) is 17.5. The highest BCUT2D eigenvalue weighted by Crippen LogP contribution is 2.09. The van der Waals surface area contributed by atoms with Crippen LogP contribution in [0.4, 0.5) is 5.69 Å². The Labute approximate surface area is 128 Å². The molecule has 0 radical (unpaired) electrons. The van der Waals surface area contributed by atoms with Gasteiger partial charge in [-0.1, -0.05) is 0 Å². The molecule has 7 nitrogen and oxygen atoms in total. The molecule has 0 spiro atoms. The molecule has 1 aromatic carbocycles. The van der Waals surface area contributed by atoms with Crippen molar-refractivity contribution in [3.8, 4) is 0 Å². The van der Waals surface area contributed by atoms with Crippen molar-refractivity contribution in [2.75, 3.05) is 19.0 Å². The second-order valence-electron chi connectivity index (χ2n) is 4.54. The Hall–Kier alpha value is -2.57. The molecule has 1 unspecified atom stereocenters. The molecule has 0 heterocycles. The molecule has 1 atom stereocenters. The fraction of sp³-hybridized carbons (Fsp3) is 0.400. The predicted molar refractivity (Wildman–Crippen MR) is 80.7 cm³/mol. The molecule has 22 heavy (non-hydrogen) atoms. The Bertz CT molecular complexity index is 527. The van der Waals surface area contributed by atoms with Gasteiger partial charge in [-0.25, -0.2) is 4.79 Å². The summed E-state index contributed by atoms with van der Waals surface area (Å²) >= 11 is 0. The molecule has 0 saturated heterocycles. The van der Waals surface area contributed by atoms with Gasteiger partial charge in [-0.15, -0.1) is 0 Å². The molecule has 1 rings (SSSR count). The van der Waals surface area contributed by atoms with Crippen molar-refractivity contribution in [2.45, 2.75) is 25.8 Å². The maximum Gasteiger partial charge on any atom is 0.328 e. The van der Waals surface area contributed by atoms with E-state index in [1.165, 1.54) is 0 Å². The van der Waals surface area contributed by atoms with E-state index in [1.54, 1.807) is 38.2 Å². The van der Waals surface area contributed by atoms with Crippen LogP contribution < -0.4 is 10.6 Å². The van der Waals surface area contributed by atoms with Crippen molar-refractivity contribution < 1.29 is 24.2 Å². The minimum Gasteiger partial charge on any atom is -0.481 e. The number of carbonyl (C=O) groups excluding carboxylic acids is 2. The van der Waals surface area contributed by atoms with Gasteiger partial charge in [0, 0.05) is 24.7 Å². The Morgan fingerprint density at radius 1 is 1.23 bits per heavy atom.